The largest absolute Gasteiger partial charge is 0.480 e. The lowest BCUT2D eigenvalue weighted by Gasteiger charge is -2.36. The van der Waals surface area contributed by atoms with Gasteiger partial charge in [0.05, 0.1) is 21.4 Å². The molecule has 8 heteroatoms. The van der Waals surface area contributed by atoms with Crippen molar-refractivity contribution in [2.75, 3.05) is 49.5 Å². The maximum absolute atomic E-state index is 11.4. The van der Waals surface area contributed by atoms with Gasteiger partial charge in [0.25, 0.3) is 5.91 Å². The molecular weight excluding hydrogens is 423 g/mol. The third-order valence-electron chi connectivity index (χ3n) is 5.27. The first-order valence-corrected chi connectivity index (χ1v) is 10.9. The van der Waals surface area contributed by atoms with Gasteiger partial charge in [0, 0.05) is 26.2 Å². The van der Waals surface area contributed by atoms with Crippen molar-refractivity contribution in [1.29, 1.82) is 0 Å². The lowest BCUT2D eigenvalue weighted by Crippen LogP contribution is -2.46. The van der Waals surface area contributed by atoms with Gasteiger partial charge in [-0.3, -0.25) is 9.69 Å². The Labute approximate surface area is 186 Å². The fourth-order valence-electron chi connectivity index (χ4n) is 3.66. The van der Waals surface area contributed by atoms with Crippen molar-refractivity contribution < 1.29 is 9.53 Å². The second-order valence-corrected chi connectivity index (χ2v) is 8.15. The predicted molar refractivity (Wildman–Crippen MR) is 122 cm³/mol. The zero-order chi connectivity index (χ0) is 20.9. The maximum Gasteiger partial charge on any atom is 0.263 e. The number of allylic oxidation sites excluding steroid dienone is 1. The number of pyridine rings is 1. The van der Waals surface area contributed by atoms with Crippen molar-refractivity contribution >= 4 is 46.7 Å². The number of carbonyl (C=O) groups is 1. The predicted octanol–water partition coefficient (Wildman–Crippen LogP) is 4.33. The molecule has 0 spiro atoms. The Morgan fingerprint density at radius 2 is 1.97 bits per heavy atom. The number of ether oxygens (including phenoxy) is 1. The highest BCUT2D eigenvalue weighted by atomic mass is 35.5. The number of amides is 1. The summed E-state index contributed by atoms with van der Waals surface area (Å²) in [5.41, 5.74) is 1.83. The fourth-order valence-corrected chi connectivity index (χ4v) is 4.07. The molecule has 1 amide bonds. The average Bonchev–Trinajstić information content (AvgIpc) is 2.76. The van der Waals surface area contributed by atoms with Gasteiger partial charge in [-0.25, -0.2) is 4.98 Å². The number of piperazine rings is 1. The van der Waals surface area contributed by atoms with Crippen molar-refractivity contribution in [1.82, 2.24) is 9.88 Å². The standard InChI is InChI=1S/C22H24Cl2N4O2/c23-17-6-4-7-18(21(17)24)28-13-11-27(12-14-28)10-3-1-2-5-16-8-9-19-22(25-16)26-20(29)15-30-19/h2,4-9H,1,3,10-15H2,(H,25,26,29)/b5-2+. The van der Waals surface area contributed by atoms with Gasteiger partial charge in [0.1, 0.15) is 0 Å². The highest BCUT2D eigenvalue weighted by molar-refractivity contribution is 6.43. The van der Waals surface area contributed by atoms with Crippen molar-refractivity contribution in [2.24, 2.45) is 0 Å². The number of hydrogen-bond donors (Lipinski definition) is 1. The van der Waals surface area contributed by atoms with E-state index in [0.29, 0.717) is 21.6 Å². The van der Waals surface area contributed by atoms with E-state index in [1.807, 2.05) is 36.4 Å². The third-order valence-corrected chi connectivity index (χ3v) is 6.08. The first-order chi connectivity index (χ1) is 14.6. The number of aromatic nitrogens is 1. The first kappa shape index (κ1) is 21.0. The number of nitrogens with zero attached hydrogens (tertiary/aromatic N) is 3. The monoisotopic (exact) mass is 446 g/mol. The van der Waals surface area contributed by atoms with Gasteiger partial charge in [-0.05, 0) is 49.7 Å². The van der Waals surface area contributed by atoms with Crippen LogP contribution >= 0.6 is 23.2 Å². The Morgan fingerprint density at radius 3 is 2.80 bits per heavy atom. The molecule has 158 valence electrons. The topological polar surface area (TPSA) is 57.7 Å². The second-order valence-electron chi connectivity index (χ2n) is 7.37. The molecule has 2 aliphatic heterocycles. The normalized spacial score (nSPS) is 17.0. The molecular formula is C22H24Cl2N4O2. The van der Waals surface area contributed by atoms with Crippen LogP contribution in [0.4, 0.5) is 11.5 Å². The highest BCUT2D eigenvalue weighted by Gasteiger charge is 2.19. The van der Waals surface area contributed by atoms with Gasteiger partial charge in [-0.2, -0.15) is 0 Å². The molecule has 0 aliphatic carbocycles. The van der Waals surface area contributed by atoms with Crippen LogP contribution in [0.2, 0.25) is 10.0 Å². The highest BCUT2D eigenvalue weighted by Crippen LogP contribution is 2.33. The molecule has 6 nitrogen and oxygen atoms in total. The maximum atomic E-state index is 11.4. The van der Waals surface area contributed by atoms with Crippen LogP contribution in [0, 0.1) is 0 Å². The van der Waals surface area contributed by atoms with Crippen LogP contribution in [0.5, 0.6) is 5.75 Å². The average molecular weight is 447 g/mol. The Balaban J connectivity index is 1.20. The molecule has 1 aromatic heterocycles. The summed E-state index contributed by atoms with van der Waals surface area (Å²) in [7, 11) is 0. The summed E-state index contributed by atoms with van der Waals surface area (Å²) in [4.78, 5) is 20.6. The number of halogens is 2. The van der Waals surface area contributed by atoms with E-state index in [-0.39, 0.29) is 12.5 Å². The number of fused-ring (bicyclic) bond motifs is 1. The summed E-state index contributed by atoms with van der Waals surface area (Å²) in [6.45, 7) is 5.02. The molecule has 3 heterocycles. The van der Waals surface area contributed by atoms with Crippen LogP contribution in [0.25, 0.3) is 6.08 Å². The number of benzene rings is 1. The van der Waals surface area contributed by atoms with E-state index >= 15 is 0 Å². The molecule has 0 unspecified atom stereocenters. The lowest BCUT2D eigenvalue weighted by molar-refractivity contribution is -0.118. The molecule has 4 rings (SSSR count). The summed E-state index contributed by atoms with van der Waals surface area (Å²) in [5, 5.41) is 3.97. The molecule has 2 aromatic rings. The fraction of sp³-hybridized carbons (Fsp3) is 0.364. The summed E-state index contributed by atoms with van der Waals surface area (Å²) in [6, 6.07) is 9.53. The molecule has 0 saturated carbocycles. The van der Waals surface area contributed by atoms with Crippen LogP contribution in [0.15, 0.2) is 36.4 Å². The van der Waals surface area contributed by atoms with Gasteiger partial charge in [-0.15, -0.1) is 0 Å². The van der Waals surface area contributed by atoms with E-state index in [9.17, 15) is 4.79 Å². The number of anilines is 2. The number of hydrogen-bond acceptors (Lipinski definition) is 5. The molecule has 1 fully saturated rings. The molecule has 1 saturated heterocycles. The smallest absolute Gasteiger partial charge is 0.263 e. The van der Waals surface area contributed by atoms with E-state index in [4.69, 9.17) is 27.9 Å². The quantitative estimate of drug-likeness (QED) is 0.668. The minimum absolute atomic E-state index is 0.0459. The van der Waals surface area contributed by atoms with E-state index in [2.05, 4.69) is 26.2 Å². The molecule has 0 bridgehead atoms. The SMILES string of the molecule is O=C1COc2ccc(/C=C/CCCN3CCN(c4cccc(Cl)c4Cl)CC3)nc2N1. The van der Waals surface area contributed by atoms with Gasteiger partial charge in [-0.1, -0.05) is 35.3 Å². The minimum Gasteiger partial charge on any atom is -0.480 e. The van der Waals surface area contributed by atoms with Crippen LogP contribution in [0.1, 0.15) is 18.5 Å². The minimum atomic E-state index is -0.172. The van der Waals surface area contributed by atoms with E-state index in [1.165, 1.54) is 0 Å². The number of unbranched alkanes of at least 4 members (excludes halogenated alkanes) is 1. The Kier molecular flexibility index (Phi) is 6.77. The van der Waals surface area contributed by atoms with Crippen LogP contribution in [0.3, 0.4) is 0 Å². The van der Waals surface area contributed by atoms with Crippen molar-refractivity contribution in [3.8, 4) is 5.75 Å². The Hall–Kier alpha value is -2.28. The molecule has 1 aromatic carbocycles. The van der Waals surface area contributed by atoms with Gasteiger partial charge in [0.2, 0.25) is 0 Å². The van der Waals surface area contributed by atoms with Gasteiger partial charge in [0.15, 0.2) is 18.2 Å². The van der Waals surface area contributed by atoms with Crippen molar-refractivity contribution in [2.45, 2.75) is 12.8 Å². The number of rotatable bonds is 6. The van der Waals surface area contributed by atoms with E-state index in [0.717, 1.165) is 56.9 Å². The van der Waals surface area contributed by atoms with Gasteiger partial charge < -0.3 is 15.0 Å². The van der Waals surface area contributed by atoms with Gasteiger partial charge >= 0.3 is 0 Å². The van der Waals surface area contributed by atoms with Crippen molar-refractivity contribution in [3.63, 3.8) is 0 Å². The molecule has 0 radical (unpaired) electrons. The summed E-state index contributed by atoms with van der Waals surface area (Å²) in [5.74, 6) is 0.935. The number of carbonyl (C=O) groups excluding carboxylic acids is 1. The van der Waals surface area contributed by atoms with E-state index < -0.39 is 0 Å². The summed E-state index contributed by atoms with van der Waals surface area (Å²) >= 11 is 12.5. The second kappa shape index (κ2) is 9.69. The van der Waals surface area contributed by atoms with Crippen LogP contribution < -0.4 is 15.0 Å². The number of nitrogens with one attached hydrogen (secondary N) is 1. The third kappa shape index (κ3) is 5.06. The zero-order valence-corrected chi connectivity index (χ0v) is 18.1. The first-order valence-electron chi connectivity index (χ1n) is 10.1. The Morgan fingerprint density at radius 1 is 1.13 bits per heavy atom. The van der Waals surface area contributed by atoms with E-state index in [1.54, 1.807) is 0 Å². The Bertz CT molecular complexity index is 943. The van der Waals surface area contributed by atoms with Crippen LogP contribution in [-0.4, -0.2) is 55.1 Å². The summed E-state index contributed by atoms with van der Waals surface area (Å²) in [6.07, 6.45) is 6.17. The molecule has 30 heavy (non-hydrogen) atoms. The summed E-state index contributed by atoms with van der Waals surface area (Å²) < 4.78 is 5.33. The lowest BCUT2D eigenvalue weighted by atomic mass is 10.2. The molecule has 0 atom stereocenters. The molecule has 2 aliphatic rings. The van der Waals surface area contributed by atoms with Crippen LogP contribution in [-0.2, 0) is 4.79 Å². The van der Waals surface area contributed by atoms with Crippen molar-refractivity contribution in [3.05, 3.63) is 52.1 Å². The zero-order valence-electron chi connectivity index (χ0n) is 16.6. The molecule has 1 N–H and O–H groups in total.